The van der Waals surface area contributed by atoms with Gasteiger partial charge in [-0.15, -0.1) is 0 Å². The van der Waals surface area contributed by atoms with Gasteiger partial charge in [-0.1, -0.05) is 87.5 Å². The topological polar surface area (TPSA) is 91.3 Å². The van der Waals surface area contributed by atoms with E-state index in [-0.39, 0.29) is 13.2 Å². The van der Waals surface area contributed by atoms with Gasteiger partial charge in [0, 0.05) is 5.41 Å². The Labute approximate surface area is 216 Å². The van der Waals surface area contributed by atoms with Crippen LogP contribution in [0.1, 0.15) is 47.1 Å². The maximum absolute atomic E-state index is 13.1. The molecular weight excluding hydrogens is 472 g/mol. The first-order valence-corrected chi connectivity index (χ1v) is 12.2. The van der Waals surface area contributed by atoms with Crippen molar-refractivity contribution in [1.29, 1.82) is 0 Å². The van der Waals surface area contributed by atoms with Crippen LogP contribution >= 0.6 is 0 Å². The molecule has 0 amide bonds. The van der Waals surface area contributed by atoms with Crippen molar-refractivity contribution in [1.82, 2.24) is 0 Å². The van der Waals surface area contributed by atoms with Crippen LogP contribution in [0.15, 0.2) is 91.0 Å². The summed E-state index contributed by atoms with van der Waals surface area (Å²) in [6.07, 6.45) is -3.07. The van der Waals surface area contributed by atoms with E-state index in [2.05, 4.69) is 0 Å². The fraction of sp³-hybridized carbons (Fsp3) is 0.333. The third-order valence-electron chi connectivity index (χ3n) is 6.37. The molecule has 7 nitrogen and oxygen atoms in total. The van der Waals surface area contributed by atoms with Gasteiger partial charge in [-0.3, -0.25) is 0 Å². The molecule has 0 spiro atoms. The Morgan fingerprint density at radius 1 is 0.838 bits per heavy atom. The zero-order chi connectivity index (χ0) is 26.5. The highest BCUT2D eigenvalue weighted by Gasteiger charge is 2.62. The van der Waals surface area contributed by atoms with Gasteiger partial charge in [0.25, 0.3) is 0 Å². The Kier molecular flexibility index (Phi) is 8.07. The standard InChI is InChI=1S/C30H32O7/c1-29(2,3)30(33)26(34-19-21-13-7-4-8-14-21)25(36-28(32)23-17-11-6-12-18-23)24(37-30)20-35-27(31)22-15-9-5-10-16-22/h4-18,24-26,33H,19-20H2,1-3H3/t24-,25-,26+,30+/m1/s1. The number of hydrogen-bond acceptors (Lipinski definition) is 7. The molecular formula is C30H32O7. The lowest BCUT2D eigenvalue weighted by molar-refractivity contribution is -0.292. The summed E-state index contributed by atoms with van der Waals surface area (Å²) in [6.45, 7) is 5.33. The van der Waals surface area contributed by atoms with Gasteiger partial charge in [-0.05, 0) is 29.8 Å². The molecule has 194 valence electrons. The van der Waals surface area contributed by atoms with Crippen LogP contribution in [-0.2, 0) is 25.6 Å². The molecule has 0 aromatic heterocycles. The highest BCUT2D eigenvalue weighted by atomic mass is 16.7. The number of benzene rings is 3. The number of carbonyl (C=O) groups excluding carboxylic acids is 2. The summed E-state index contributed by atoms with van der Waals surface area (Å²) >= 11 is 0. The molecule has 1 saturated heterocycles. The highest BCUT2D eigenvalue weighted by molar-refractivity contribution is 5.90. The summed E-state index contributed by atoms with van der Waals surface area (Å²) in [5, 5.41) is 11.8. The van der Waals surface area contributed by atoms with Crippen molar-refractivity contribution in [2.45, 2.75) is 51.5 Å². The van der Waals surface area contributed by atoms with Crippen LogP contribution in [0.5, 0.6) is 0 Å². The van der Waals surface area contributed by atoms with Gasteiger partial charge in [-0.2, -0.15) is 0 Å². The van der Waals surface area contributed by atoms with Crippen LogP contribution in [0, 0.1) is 5.41 Å². The zero-order valence-electron chi connectivity index (χ0n) is 21.2. The number of rotatable bonds is 8. The van der Waals surface area contributed by atoms with Crippen molar-refractivity contribution < 1.29 is 33.6 Å². The van der Waals surface area contributed by atoms with E-state index in [4.69, 9.17) is 18.9 Å². The molecule has 37 heavy (non-hydrogen) atoms. The Balaban J connectivity index is 1.61. The second-order valence-electron chi connectivity index (χ2n) is 10.0. The molecule has 1 fully saturated rings. The van der Waals surface area contributed by atoms with Crippen LogP contribution in [0.4, 0.5) is 0 Å². The Bertz CT molecular complexity index is 1170. The fourth-order valence-corrected chi connectivity index (χ4v) is 4.20. The summed E-state index contributed by atoms with van der Waals surface area (Å²) < 4.78 is 23.8. The van der Waals surface area contributed by atoms with E-state index < -0.39 is 41.5 Å². The van der Waals surface area contributed by atoms with Gasteiger partial charge >= 0.3 is 11.9 Å². The molecule has 0 aliphatic carbocycles. The quantitative estimate of drug-likeness (QED) is 0.441. The van der Waals surface area contributed by atoms with Crippen molar-refractivity contribution in [2.75, 3.05) is 6.61 Å². The summed E-state index contributed by atoms with van der Waals surface area (Å²) in [4.78, 5) is 25.7. The number of hydrogen-bond donors (Lipinski definition) is 1. The van der Waals surface area contributed by atoms with Gasteiger partial charge in [-0.25, -0.2) is 9.59 Å². The third kappa shape index (κ3) is 6.07. The molecule has 7 heteroatoms. The van der Waals surface area contributed by atoms with E-state index in [1.807, 2.05) is 30.3 Å². The van der Waals surface area contributed by atoms with E-state index in [0.717, 1.165) is 5.56 Å². The summed E-state index contributed by atoms with van der Waals surface area (Å²) in [5.41, 5.74) is 0.770. The van der Waals surface area contributed by atoms with Crippen molar-refractivity contribution in [3.05, 3.63) is 108 Å². The van der Waals surface area contributed by atoms with Crippen molar-refractivity contribution >= 4 is 11.9 Å². The van der Waals surface area contributed by atoms with Crippen LogP contribution in [0.25, 0.3) is 0 Å². The first-order valence-electron chi connectivity index (χ1n) is 12.2. The normalized spacial score (nSPS) is 23.4. The number of aliphatic hydroxyl groups is 1. The van der Waals surface area contributed by atoms with Crippen molar-refractivity contribution in [3.8, 4) is 0 Å². The maximum Gasteiger partial charge on any atom is 0.338 e. The predicted octanol–water partition coefficient (Wildman–Crippen LogP) is 4.79. The smallest absolute Gasteiger partial charge is 0.338 e. The molecule has 4 rings (SSSR count). The minimum atomic E-state index is -1.84. The minimum Gasteiger partial charge on any atom is -0.459 e. The molecule has 0 radical (unpaired) electrons. The van der Waals surface area contributed by atoms with E-state index in [1.54, 1.807) is 81.4 Å². The molecule has 1 aliphatic rings. The van der Waals surface area contributed by atoms with E-state index in [0.29, 0.717) is 11.1 Å². The minimum absolute atomic E-state index is 0.156. The van der Waals surface area contributed by atoms with Crippen molar-refractivity contribution in [2.24, 2.45) is 5.41 Å². The van der Waals surface area contributed by atoms with Gasteiger partial charge in [0.15, 0.2) is 12.2 Å². The molecule has 1 N–H and O–H groups in total. The lowest BCUT2D eigenvalue weighted by Gasteiger charge is -2.40. The molecule has 3 aromatic carbocycles. The molecule has 1 heterocycles. The molecule has 4 atom stereocenters. The van der Waals surface area contributed by atoms with Gasteiger partial charge in [0.1, 0.15) is 12.7 Å². The van der Waals surface area contributed by atoms with E-state index in [9.17, 15) is 14.7 Å². The van der Waals surface area contributed by atoms with E-state index >= 15 is 0 Å². The predicted molar refractivity (Wildman–Crippen MR) is 137 cm³/mol. The second-order valence-corrected chi connectivity index (χ2v) is 10.0. The van der Waals surface area contributed by atoms with E-state index in [1.165, 1.54) is 0 Å². The first kappa shape index (κ1) is 26.5. The third-order valence-corrected chi connectivity index (χ3v) is 6.37. The van der Waals surface area contributed by atoms with Crippen LogP contribution < -0.4 is 0 Å². The zero-order valence-corrected chi connectivity index (χ0v) is 21.2. The van der Waals surface area contributed by atoms with Gasteiger partial charge in [0.05, 0.1) is 17.7 Å². The number of esters is 2. The molecule has 0 unspecified atom stereocenters. The molecule has 1 aliphatic heterocycles. The lowest BCUT2D eigenvalue weighted by atomic mass is 9.81. The number of ether oxygens (including phenoxy) is 4. The maximum atomic E-state index is 13.1. The van der Waals surface area contributed by atoms with Gasteiger partial charge < -0.3 is 24.1 Å². The Morgan fingerprint density at radius 3 is 1.89 bits per heavy atom. The Hall–Kier alpha value is -3.52. The first-order chi connectivity index (χ1) is 17.7. The monoisotopic (exact) mass is 504 g/mol. The lowest BCUT2D eigenvalue weighted by Crippen LogP contribution is -2.54. The SMILES string of the molecule is CC(C)(C)[C@@]1(O)O[C@H](COC(=O)c2ccccc2)[C@@H](OC(=O)c2ccccc2)[C@@H]1OCc1ccccc1. The average molecular weight is 505 g/mol. The van der Waals surface area contributed by atoms with Crippen LogP contribution in [-0.4, -0.2) is 47.8 Å². The van der Waals surface area contributed by atoms with Gasteiger partial charge in [0.2, 0.25) is 5.79 Å². The summed E-state index contributed by atoms with van der Waals surface area (Å²) in [5.74, 6) is -2.99. The number of carbonyl (C=O) groups is 2. The molecule has 3 aromatic rings. The molecule has 0 bridgehead atoms. The largest absolute Gasteiger partial charge is 0.459 e. The summed E-state index contributed by atoms with van der Waals surface area (Å²) in [6, 6.07) is 26.6. The fourth-order valence-electron chi connectivity index (χ4n) is 4.20. The molecule has 0 saturated carbocycles. The Morgan fingerprint density at radius 2 is 1.35 bits per heavy atom. The van der Waals surface area contributed by atoms with Crippen LogP contribution in [0.2, 0.25) is 0 Å². The second kappa shape index (κ2) is 11.3. The van der Waals surface area contributed by atoms with Crippen molar-refractivity contribution in [3.63, 3.8) is 0 Å². The highest BCUT2D eigenvalue weighted by Crippen LogP contribution is 2.45. The van der Waals surface area contributed by atoms with Crippen LogP contribution in [0.3, 0.4) is 0 Å². The average Bonchev–Trinajstić information content (AvgIpc) is 3.18. The summed E-state index contributed by atoms with van der Waals surface area (Å²) in [7, 11) is 0.